The van der Waals surface area contributed by atoms with Gasteiger partial charge in [0, 0.05) is 6.42 Å². The summed E-state index contributed by atoms with van der Waals surface area (Å²) in [6, 6.07) is 0. The second-order valence-corrected chi connectivity index (χ2v) is 3.39. The van der Waals surface area contributed by atoms with E-state index in [1.807, 2.05) is 6.92 Å². The van der Waals surface area contributed by atoms with Crippen LogP contribution >= 0.6 is 0 Å². The maximum absolute atomic E-state index is 4.70. The van der Waals surface area contributed by atoms with Gasteiger partial charge in [-0.1, -0.05) is 25.2 Å². The Bertz CT molecular complexity index is 162. The van der Waals surface area contributed by atoms with Crippen molar-refractivity contribution in [1.82, 2.24) is 0 Å². The molecule has 0 heterocycles. The predicted molar refractivity (Wildman–Crippen MR) is 58.7 cm³/mol. The van der Waals surface area contributed by atoms with Crippen LogP contribution in [-0.4, -0.2) is 7.11 Å². The fraction of sp³-hybridized carbons (Fsp3) is 0.667. The molecule has 0 fully saturated rings. The molecule has 0 aromatic heterocycles. The van der Waals surface area contributed by atoms with Crippen molar-refractivity contribution in [3.05, 3.63) is 24.0 Å². The molecule has 0 aromatic carbocycles. The molecule has 0 saturated carbocycles. The minimum Gasteiger partial charge on any atom is -0.502 e. The summed E-state index contributed by atoms with van der Waals surface area (Å²) in [5.74, 6) is 0.843. The number of methoxy groups -OCH3 is 1. The molecule has 1 aliphatic rings. The first-order valence-corrected chi connectivity index (χ1v) is 5.08. The van der Waals surface area contributed by atoms with Gasteiger partial charge in [0.1, 0.15) is 0 Å². The first-order chi connectivity index (χ1) is 6.20. The Morgan fingerprint density at radius 1 is 1.54 bits per heavy atom. The van der Waals surface area contributed by atoms with Crippen LogP contribution in [0, 0.1) is 0 Å². The quantitative estimate of drug-likeness (QED) is 0.462. The summed E-state index contributed by atoms with van der Waals surface area (Å²) in [4.78, 5) is 0. The summed E-state index contributed by atoms with van der Waals surface area (Å²) < 4.78 is 4.70. The monoisotopic (exact) mass is 182 g/mol. The number of ether oxygens (including phenoxy) is 1. The zero-order chi connectivity index (χ0) is 10.1. The van der Waals surface area contributed by atoms with Crippen LogP contribution < -0.4 is 0 Å². The van der Waals surface area contributed by atoms with Gasteiger partial charge in [0.25, 0.3) is 0 Å². The maximum Gasteiger partial charge on any atom is 0.0881 e. The lowest BCUT2D eigenvalue weighted by atomic mass is 10.0. The summed E-state index contributed by atoms with van der Waals surface area (Å²) in [6.45, 7) is 7.80. The van der Waals surface area contributed by atoms with Crippen LogP contribution in [0.1, 0.15) is 46.0 Å². The Morgan fingerprint density at radius 3 is 2.38 bits per heavy atom. The molecule has 13 heavy (non-hydrogen) atoms. The largest absolute Gasteiger partial charge is 0.502 e. The van der Waals surface area contributed by atoms with Crippen LogP contribution in [-0.2, 0) is 4.74 Å². The van der Waals surface area contributed by atoms with Gasteiger partial charge in [-0.3, -0.25) is 0 Å². The summed E-state index contributed by atoms with van der Waals surface area (Å²) >= 11 is 0. The molecule has 0 aliphatic heterocycles. The number of allylic oxidation sites excluding steroid dienone is 3. The van der Waals surface area contributed by atoms with Crippen LogP contribution in [0.2, 0.25) is 0 Å². The summed E-state index contributed by atoms with van der Waals surface area (Å²) in [5.41, 5.74) is 1.59. The van der Waals surface area contributed by atoms with E-state index < -0.39 is 0 Å². The fourth-order valence-corrected chi connectivity index (χ4v) is 1.14. The van der Waals surface area contributed by atoms with E-state index in [2.05, 4.69) is 19.6 Å². The van der Waals surface area contributed by atoms with Crippen molar-refractivity contribution < 1.29 is 4.74 Å². The first-order valence-electron chi connectivity index (χ1n) is 5.08. The SMILES string of the molecule is C=C(CC)OC.CC1=CCCCC1. The normalized spacial score (nSPS) is 15.2. The number of rotatable bonds is 2. The van der Waals surface area contributed by atoms with Crippen LogP contribution in [0.3, 0.4) is 0 Å². The minimum absolute atomic E-state index is 0.843. The van der Waals surface area contributed by atoms with Gasteiger partial charge >= 0.3 is 0 Å². The lowest BCUT2D eigenvalue weighted by molar-refractivity contribution is 0.283. The average Bonchev–Trinajstić information content (AvgIpc) is 2.19. The van der Waals surface area contributed by atoms with Crippen molar-refractivity contribution >= 4 is 0 Å². The van der Waals surface area contributed by atoms with Crippen molar-refractivity contribution in [2.45, 2.75) is 46.0 Å². The Kier molecular flexibility index (Phi) is 7.47. The molecule has 0 spiro atoms. The van der Waals surface area contributed by atoms with E-state index in [0.29, 0.717) is 0 Å². The Hall–Kier alpha value is -0.720. The van der Waals surface area contributed by atoms with E-state index in [0.717, 1.165) is 12.2 Å². The van der Waals surface area contributed by atoms with Crippen LogP contribution in [0.5, 0.6) is 0 Å². The number of hydrogen-bond acceptors (Lipinski definition) is 1. The van der Waals surface area contributed by atoms with Gasteiger partial charge in [-0.2, -0.15) is 0 Å². The Balaban J connectivity index is 0.000000226. The molecule has 1 aliphatic carbocycles. The van der Waals surface area contributed by atoms with Crippen molar-refractivity contribution in [3.63, 3.8) is 0 Å². The highest BCUT2D eigenvalue weighted by Crippen LogP contribution is 2.15. The molecular formula is C12H22O. The van der Waals surface area contributed by atoms with Crippen LogP contribution in [0.25, 0.3) is 0 Å². The van der Waals surface area contributed by atoms with E-state index >= 15 is 0 Å². The van der Waals surface area contributed by atoms with Gasteiger partial charge in [-0.05, 0) is 32.6 Å². The molecule has 0 N–H and O–H groups in total. The molecule has 0 bridgehead atoms. The van der Waals surface area contributed by atoms with Crippen LogP contribution in [0.15, 0.2) is 24.0 Å². The Labute approximate surface area is 82.5 Å². The van der Waals surface area contributed by atoms with Gasteiger partial charge < -0.3 is 4.74 Å². The van der Waals surface area contributed by atoms with Gasteiger partial charge in [0.2, 0.25) is 0 Å². The maximum atomic E-state index is 4.70. The van der Waals surface area contributed by atoms with E-state index in [4.69, 9.17) is 4.74 Å². The lowest BCUT2D eigenvalue weighted by Crippen LogP contribution is -1.85. The second-order valence-electron chi connectivity index (χ2n) is 3.39. The average molecular weight is 182 g/mol. The topological polar surface area (TPSA) is 9.23 Å². The van der Waals surface area contributed by atoms with Gasteiger partial charge in [-0.15, -0.1) is 0 Å². The summed E-state index contributed by atoms with van der Waals surface area (Å²) in [6.07, 6.45) is 8.77. The highest BCUT2D eigenvalue weighted by atomic mass is 16.5. The third-order valence-corrected chi connectivity index (χ3v) is 2.20. The smallest absolute Gasteiger partial charge is 0.0881 e. The van der Waals surface area contributed by atoms with E-state index in [-0.39, 0.29) is 0 Å². The van der Waals surface area contributed by atoms with E-state index in [1.165, 1.54) is 25.7 Å². The fourth-order valence-electron chi connectivity index (χ4n) is 1.14. The Morgan fingerprint density at radius 2 is 2.23 bits per heavy atom. The van der Waals surface area contributed by atoms with Gasteiger partial charge in [0.05, 0.1) is 12.9 Å². The summed E-state index contributed by atoms with van der Waals surface area (Å²) in [7, 11) is 1.63. The highest BCUT2D eigenvalue weighted by molar-refractivity contribution is 5.00. The molecule has 76 valence electrons. The molecule has 1 rings (SSSR count). The molecular weight excluding hydrogens is 160 g/mol. The van der Waals surface area contributed by atoms with E-state index in [1.54, 1.807) is 12.7 Å². The van der Waals surface area contributed by atoms with E-state index in [9.17, 15) is 0 Å². The first kappa shape index (κ1) is 12.3. The molecule has 0 aromatic rings. The molecule has 1 heteroatoms. The van der Waals surface area contributed by atoms with Crippen molar-refractivity contribution in [2.24, 2.45) is 0 Å². The molecule has 1 nitrogen and oxygen atoms in total. The highest BCUT2D eigenvalue weighted by Gasteiger charge is 1.95. The lowest BCUT2D eigenvalue weighted by Gasteiger charge is -2.05. The third kappa shape index (κ3) is 7.63. The number of hydrogen-bond donors (Lipinski definition) is 0. The summed E-state index contributed by atoms with van der Waals surface area (Å²) in [5, 5.41) is 0. The van der Waals surface area contributed by atoms with Crippen molar-refractivity contribution in [1.29, 1.82) is 0 Å². The zero-order valence-corrected chi connectivity index (χ0v) is 9.23. The van der Waals surface area contributed by atoms with Gasteiger partial charge in [-0.25, -0.2) is 0 Å². The molecule has 0 radical (unpaired) electrons. The second kappa shape index (κ2) is 7.90. The van der Waals surface area contributed by atoms with Crippen molar-refractivity contribution in [3.8, 4) is 0 Å². The standard InChI is InChI=1S/C7H12.C5H10O/c1-7-5-3-2-4-6-7;1-4-5(2)6-3/h5H,2-4,6H2,1H3;2,4H2,1,3H3. The predicted octanol–water partition coefficient (Wildman–Crippen LogP) is 4.06. The van der Waals surface area contributed by atoms with Crippen molar-refractivity contribution in [2.75, 3.05) is 7.11 Å². The molecule has 0 unspecified atom stereocenters. The minimum atomic E-state index is 0.843. The molecule has 0 atom stereocenters. The molecule has 0 saturated heterocycles. The third-order valence-electron chi connectivity index (χ3n) is 2.20. The van der Waals surface area contributed by atoms with Gasteiger partial charge in [0.15, 0.2) is 0 Å². The molecule has 0 amide bonds. The zero-order valence-electron chi connectivity index (χ0n) is 9.23. The van der Waals surface area contributed by atoms with Crippen LogP contribution in [0.4, 0.5) is 0 Å².